The lowest BCUT2D eigenvalue weighted by atomic mass is 9.84. The van der Waals surface area contributed by atoms with Crippen LogP contribution >= 0.6 is 0 Å². The van der Waals surface area contributed by atoms with Crippen molar-refractivity contribution in [1.82, 2.24) is 10.6 Å². The van der Waals surface area contributed by atoms with E-state index in [1.807, 2.05) is 6.07 Å². The number of guanidine groups is 1. The maximum Gasteiger partial charge on any atom is 0.231 e. The Labute approximate surface area is 144 Å². The second kappa shape index (κ2) is 7.16. The van der Waals surface area contributed by atoms with Gasteiger partial charge < -0.3 is 20.1 Å². The molecule has 2 N–H and O–H groups in total. The lowest BCUT2D eigenvalue weighted by molar-refractivity contribution is 0.174. The molecule has 1 aliphatic heterocycles. The summed E-state index contributed by atoms with van der Waals surface area (Å²) in [5.74, 6) is 2.54. The van der Waals surface area contributed by atoms with Gasteiger partial charge in [0.05, 0.1) is 6.54 Å². The summed E-state index contributed by atoms with van der Waals surface area (Å²) in [7, 11) is 0. The fourth-order valence-corrected chi connectivity index (χ4v) is 2.93. The molecular weight excluding hydrogens is 302 g/mol. The molecule has 0 aromatic heterocycles. The zero-order valence-corrected chi connectivity index (χ0v) is 14.8. The average molecular weight is 329 g/mol. The van der Waals surface area contributed by atoms with Crippen LogP contribution in [0.15, 0.2) is 35.3 Å². The Kier molecular flexibility index (Phi) is 4.97. The summed E-state index contributed by atoms with van der Waals surface area (Å²) >= 11 is 0. The van der Waals surface area contributed by atoms with E-state index in [0.29, 0.717) is 19.4 Å². The van der Waals surface area contributed by atoms with Gasteiger partial charge in [-0.1, -0.05) is 32.1 Å². The van der Waals surface area contributed by atoms with Crippen LogP contribution in [0, 0.1) is 0 Å². The molecule has 0 bridgehead atoms. The third kappa shape index (κ3) is 3.83. The van der Waals surface area contributed by atoms with E-state index in [0.717, 1.165) is 36.8 Å². The summed E-state index contributed by atoms with van der Waals surface area (Å²) in [5.41, 5.74) is 1.12. The van der Waals surface area contributed by atoms with E-state index < -0.39 is 0 Å². The van der Waals surface area contributed by atoms with Crippen LogP contribution < -0.4 is 20.1 Å². The third-order valence-electron chi connectivity index (χ3n) is 4.48. The molecule has 0 unspecified atom stereocenters. The quantitative estimate of drug-likeness (QED) is 0.495. The number of fused-ring (bicyclic) bond motifs is 1. The number of ether oxygens (including phenoxy) is 2. The Bertz CT molecular complexity index is 629. The number of aliphatic imine (C=N–C) groups is 1. The molecule has 0 radical (unpaired) electrons. The smallest absolute Gasteiger partial charge is 0.231 e. The van der Waals surface area contributed by atoms with Gasteiger partial charge in [0.2, 0.25) is 6.79 Å². The topological polar surface area (TPSA) is 54.9 Å². The van der Waals surface area contributed by atoms with Gasteiger partial charge in [0, 0.05) is 18.0 Å². The lowest BCUT2D eigenvalue weighted by Crippen LogP contribution is -2.43. The van der Waals surface area contributed by atoms with E-state index in [4.69, 9.17) is 14.5 Å². The second-order valence-electron chi connectivity index (χ2n) is 6.93. The molecular formula is C19H27N3O2. The van der Waals surface area contributed by atoms with Gasteiger partial charge in [-0.2, -0.15) is 0 Å². The monoisotopic (exact) mass is 329 g/mol. The van der Waals surface area contributed by atoms with E-state index in [1.54, 1.807) is 0 Å². The van der Waals surface area contributed by atoms with Crippen molar-refractivity contribution in [2.45, 2.75) is 45.1 Å². The molecule has 2 aliphatic rings. The van der Waals surface area contributed by atoms with E-state index in [9.17, 15) is 0 Å². The number of nitrogens with one attached hydrogen (secondary N) is 2. The van der Waals surface area contributed by atoms with E-state index >= 15 is 0 Å². The highest BCUT2D eigenvalue weighted by Gasteiger charge is 2.24. The molecule has 24 heavy (non-hydrogen) atoms. The third-order valence-corrected chi connectivity index (χ3v) is 4.48. The van der Waals surface area contributed by atoms with Gasteiger partial charge in [0.25, 0.3) is 0 Å². The number of nitrogens with zero attached hydrogens (tertiary/aromatic N) is 1. The van der Waals surface area contributed by atoms with Gasteiger partial charge in [-0.3, -0.25) is 4.99 Å². The van der Waals surface area contributed by atoms with Crippen LogP contribution in [0.3, 0.4) is 0 Å². The van der Waals surface area contributed by atoms with Gasteiger partial charge in [-0.05, 0) is 37.5 Å². The Balaban J connectivity index is 1.69. The predicted molar refractivity (Wildman–Crippen MR) is 96.9 cm³/mol. The fraction of sp³-hybridized carbons (Fsp3) is 0.526. The number of benzene rings is 1. The van der Waals surface area contributed by atoms with E-state index in [2.05, 4.69) is 55.7 Å². The summed E-state index contributed by atoms with van der Waals surface area (Å²) < 4.78 is 10.9. The molecule has 0 amide bonds. The van der Waals surface area contributed by atoms with Crippen LogP contribution in [0.5, 0.6) is 11.5 Å². The minimum atomic E-state index is -0.0861. The van der Waals surface area contributed by atoms with Gasteiger partial charge in [-0.15, -0.1) is 0 Å². The highest BCUT2D eigenvalue weighted by Crippen LogP contribution is 2.36. The van der Waals surface area contributed by atoms with E-state index in [-0.39, 0.29) is 5.41 Å². The molecule has 1 heterocycles. The second-order valence-corrected chi connectivity index (χ2v) is 6.93. The molecule has 5 heteroatoms. The summed E-state index contributed by atoms with van der Waals surface area (Å²) in [6, 6.07) is 6.61. The molecule has 0 fully saturated rings. The zero-order chi connectivity index (χ0) is 17.0. The SMILES string of the molecule is CCNC(=NCC(C)(C)c1ccc2c(c1)OCO2)NC1CC=CC1. The summed E-state index contributed by atoms with van der Waals surface area (Å²) in [6.07, 6.45) is 6.57. The molecule has 5 nitrogen and oxygen atoms in total. The Morgan fingerprint density at radius 2 is 1.96 bits per heavy atom. The van der Waals surface area contributed by atoms with Crippen molar-refractivity contribution in [1.29, 1.82) is 0 Å². The molecule has 3 rings (SSSR count). The standard InChI is InChI=1S/C19H27N3O2/c1-4-20-18(22-15-7-5-6-8-15)21-12-19(2,3)14-9-10-16-17(11-14)24-13-23-16/h5-6,9-11,15H,4,7-8,12-13H2,1-3H3,(H2,20,21,22). The predicted octanol–water partition coefficient (Wildman–Crippen LogP) is 2.97. The maximum absolute atomic E-state index is 5.50. The van der Waals surface area contributed by atoms with Crippen LogP contribution in [0.2, 0.25) is 0 Å². The van der Waals surface area contributed by atoms with Crippen LogP contribution in [-0.4, -0.2) is 31.9 Å². The summed E-state index contributed by atoms with van der Waals surface area (Å²) in [5, 5.41) is 6.86. The summed E-state index contributed by atoms with van der Waals surface area (Å²) in [4.78, 5) is 4.81. The van der Waals surface area contributed by atoms with Gasteiger partial charge in [0.1, 0.15) is 0 Å². The van der Waals surface area contributed by atoms with Crippen molar-refractivity contribution >= 4 is 5.96 Å². The average Bonchev–Trinajstić information content (AvgIpc) is 3.23. The first-order valence-corrected chi connectivity index (χ1v) is 8.68. The van der Waals surface area contributed by atoms with Crippen LogP contribution in [-0.2, 0) is 5.41 Å². The first-order valence-electron chi connectivity index (χ1n) is 8.68. The highest BCUT2D eigenvalue weighted by molar-refractivity contribution is 5.80. The van der Waals surface area contributed by atoms with Crippen molar-refractivity contribution in [3.05, 3.63) is 35.9 Å². The molecule has 0 spiro atoms. The molecule has 0 saturated heterocycles. The number of hydrogen-bond donors (Lipinski definition) is 2. The van der Waals surface area contributed by atoms with Gasteiger partial charge in [0.15, 0.2) is 17.5 Å². The van der Waals surface area contributed by atoms with Crippen molar-refractivity contribution in [2.75, 3.05) is 19.9 Å². The fourth-order valence-electron chi connectivity index (χ4n) is 2.93. The Hall–Kier alpha value is -2.17. The minimum Gasteiger partial charge on any atom is -0.454 e. The minimum absolute atomic E-state index is 0.0861. The maximum atomic E-state index is 5.50. The van der Waals surface area contributed by atoms with Crippen molar-refractivity contribution in [2.24, 2.45) is 4.99 Å². The zero-order valence-electron chi connectivity index (χ0n) is 14.8. The Morgan fingerprint density at radius 1 is 1.21 bits per heavy atom. The first-order chi connectivity index (χ1) is 11.6. The molecule has 1 aromatic rings. The Morgan fingerprint density at radius 3 is 2.71 bits per heavy atom. The molecule has 0 saturated carbocycles. The molecule has 1 aliphatic carbocycles. The first kappa shape index (κ1) is 16.7. The lowest BCUT2D eigenvalue weighted by Gasteiger charge is -2.25. The molecule has 130 valence electrons. The normalized spacial score (nSPS) is 17.4. The van der Waals surface area contributed by atoms with E-state index in [1.165, 1.54) is 5.56 Å². The number of hydrogen-bond acceptors (Lipinski definition) is 3. The molecule has 0 atom stereocenters. The van der Waals surface area contributed by atoms with Crippen molar-refractivity contribution in [3.63, 3.8) is 0 Å². The van der Waals surface area contributed by atoms with Crippen LogP contribution in [0.4, 0.5) is 0 Å². The van der Waals surface area contributed by atoms with Crippen molar-refractivity contribution < 1.29 is 9.47 Å². The molecule has 1 aromatic carbocycles. The number of rotatable bonds is 5. The van der Waals surface area contributed by atoms with Crippen LogP contribution in [0.25, 0.3) is 0 Å². The van der Waals surface area contributed by atoms with Crippen molar-refractivity contribution in [3.8, 4) is 11.5 Å². The largest absolute Gasteiger partial charge is 0.454 e. The van der Waals surface area contributed by atoms with Gasteiger partial charge in [-0.25, -0.2) is 0 Å². The summed E-state index contributed by atoms with van der Waals surface area (Å²) in [6.45, 7) is 8.36. The van der Waals surface area contributed by atoms with Crippen LogP contribution in [0.1, 0.15) is 39.2 Å². The highest BCUT2D eigenvalue weighted by atomic mass is 16.7. The van der Waals surface area contributed by atoms with Gasteiger partial charge >= 0.3 is 0 Å².